The first-order valence-electron chi connectivity index (χ1n) is 11.4. The Balaban J connectivity index is 1.27. The maximum absolute atomic E-state index is 13.3. The lowest BCUT2D eigenvalue weighted by molar-refractivity contribution is -0.114. The molecule has 4 aromatic rings. The molecule has 0 saturated carbocycles. The van der Waals surface area contributed by atoms with E-state index in [2.05, 4.69) is 37.0 Å². The summed E-state index contributed by atoms with van der Waals surface area (Å²) in [6, 6.07) is 14.4. The average Bonchev–Trinajstić information content (AvgIpc) is 3.27. The summed E-state index contributed by atoms with van der Waals surface area (Å²) in [5.41, 5.74) is 1.78. The van der Waals surface area contributed by atoms with Crippen molar-refractivity contribution in [1.82, 2.24) is 19.9 Å². The number of carbonyl (C=O) groups is 1. The predicted molar refractivity (Wildman–Crippen MR) is 135 cm³/mol. The molecule has 1 amide bonds. The van der Waals surface area contributed by atoms with Crippen LogP contribution in [-0.2, 0) is 4.79 Å². The van der Waals surface area contributed by atoms with Crippen molar-refractivity contribution in [3.8, 4) is 11.6 Å². The van der Waals surface area contributed by atoms with Gasteiger partial charge in [-0.1, -0.05) is 29.5 Å². The van der Waals surface area contributed by atoms with Gasteiger partial charge in [-0.3, -0.25) is 9.69 Å². The number of hydrogen-bond donors (Lipinski definition) is 1. The Labute approximate surface area is 206 Å². The largest absolute Gasteiger partial charge is 0.437 e. The molecule has 8 nitrogen and oxygen atoms in total. The molecule has 1 atom stereocenters. The number of halogens is 1. The molecule has 5 rings (SSSR count). The van der Waals surface area contributed by atoms with Gasteiger partial charge in [-0.25, -0.2) is 19.3 Å². The first-order chi connectivity index (χ1) is 17.0. The number of anilines is 2. The van der Waals surface area contributed by atoms with E-state index >= 15 is 0 Å². The van der Waals surface area contributed by atoms with E-state index in [0.29, 0.717) is 22.3 Å². The third kappa shape index (κ3) is 5.23. The molecule has 10 heteroatoms. The predicted octanol–water partition coefficient (Wildman–Crippen LogP) is 4.86. The smallest absolute Gasteiger partial charge is 0.224 e. The molecule has 0 spiro atoms. The molecule has 1 aliphatic heterocycles. The first kappa shape index (κ1) is 23.1. The molecule has 180 valence electrons. The fourth-order valence-corrected chi connectivity index (χ4v) is 5.10. The normalized spacial score (nSPS) is 15.2. The van der Waals surface area contributed by atoms with Gasteiger partial charge in [0, 0.05) is 45.2 Å². The van der Waals surface area contributed by atoms with E-state index in [1.54, 1.807) is 0 Å². The first-order valence-corrected chi connectivity index (χ1v) is 12.2. The second-order valence-electron chi connectivity index (χ2n) is 8.37. The molecular formula is C25H25FN6O2S. The van der Waals surface area contributed by atoms with Crippen LogP contribution >= 0.6 is 11.3 Å². The standard InChI is InChI=1S/C25H25FN6O2S/c1-16(18-6-8-19(26)9-7-18)31-10-12-32(13-11-31)22-14-23(28-15-27-22)34-20-4-3-5-21-24(20)30-25(35-21)29-17(2)33/h3-9,14-16H,10-13H2,1-2H3,(H,29,30,33). The Morgan fingerprint density at radius 1 is 1.11 bits per heavy atom. The van der Waals surface area contributed by atoms with E-state index < -0.39 is 0 Å². The Hall–Kier alpha value is -3.63. The lowest BCUT2D eigenvalue weighted by Gasteiger charge is -2.38. The third-order valence-corrected chi connectivity index (χ3v) is 6.98. The summed E-state index contributed by atoms with van der Waals surface area (Å²) in [5, 5.41) is 3.25. The third-order valence-electron chi connectivity index (χ3n) is 6.05. The highest BCUT2D eigenvalue weighted by atomic mass is 32.1. The monoisotopic (exact) mass is 492 g/mol. The van der Waals surface area contributed by atoms with Gasteiger partial charge in [0.25, 0.3) is 0 Å². The molecule has 1 unspecified atom stereocenters. The summed E-state index contributed by atoms with van der Waals surface area (Å²) >= 11 is 1.39. The Bertz CT molecular complexity index is 1340. The van der Waals surface area contributed by atoms with Gasteiger partial charge in [-0.15, -0.1) is 0 Å². The molecule has 1 saturated heterocycles. The van der Waals surface area contributed by atoms with Crippen LogP contribution in [0.3, 0.4) is 0 Å². The maximum atomic E-state index is 13.3. The summed E-state index contributed by atoms with van der Waals surface area (Å²) in [7, 11) is 0. The number of thiazole rings is 1. The number of aromatic nitrogens is 3. The zero-order chi connectivity index (χ0) is 24.4. The SMILES string of the molecule is CC(=O)Nc1nc2c(Oc3cc(N4CCN(C(C)c5ccc(F)cc5)CC4)ncn3)cccc2s1. The number of amides is 1. The summed E-state index contributed by atoms with van der Waals surface area (Å²) < 4.78 is 20.3. The van der Waals surface area contributed by atoms with Gasteiger partial charge in [0.05, 0.1) is 4.70 Å². The van der Waals surface area contributed by atoms with Crippen molar-refractivity contribution in [3.05, 3.63) is 66.2 Å². The van der Waals surface area contributed by atoms with Crippen molar-refractivity contribution in [1.29, 1.82) is 0 Å². The molecule has 35 heavy (non-hydrogen) atoms. The highest BCUT2D eigenvalue weighted by Crippen LogP contribution is 2.34. The van der Waals surface area contributed by atoms with Crippen LogP contribution < -0.4 is 15.0 Å². The molecule has 3 heterocycles. The van der Waals surface area contributed by atoms with Gasteiger partial charge in [0.15, 0.2) is 10.9 Å². The van der Waals surface area contributed by atoms with E-state index in [1.807, 2.05) is 36.4 Å². The minimum absolute atomic E-state index is 0.167. The average molecular weight is 493 g/mol. The number of nitrogens with one attached hydrogen (secondary N) is 1. The van der Waals surface area contributed by atoms with Crippen molar-refractivity contribution in [2.75, 3.05) is 36.4 Å². The number of benzene rings is 2. The number of fused-ring (bicyclic) bond motifs is 1. The van der Waals surface area contributed by atoms with Gasteiger partial charge in [-0.05, 0) is 36.8 Å². The maximum Gasteiger partial charge on any atom is 0.224 e. The van der Waals surface area contributed by atoms with E-state index in [0.717, 1.165) is 42.3 Å². The Morgan fingerprint density at radius 3 is 2.63 bits per heavy atom. The van der Waals surface area contributed by atoms with Crippen LogP contribution in [0.15, 0.2) is 54.9 Å². The van der Waals surface area contributed by atoms with E-state index in [9.17, 15) is 9.18 Å². The van der Waals surface area contributed by atoms with Crippen molar-refractivity contribution in [2.24, 2.45) is 0 Å². The van der Waals surface area contributed by atoms with Crippen LogP contribution in [-0.4, -0.2) is 51.9 Å². The Morgan fingerprint density at radius 2 is 1.89 bits per heavy atom. The van der Waals surface area contributed by atoms with E-state index in [-0.39, 0.29) is 17.8 Å². The molecule has 2 aromatic heterocycles. The van der Waals surface area contributed by atoms with Gasteiger partial charge in [0.1, 0.15) is 23.5 Å². The molecule has 0 aliphatic carbocycles. The van der Waals surface area contributed by atoms with Crippen LogP contribution in [0.2, 0.25) is 0 Å². The van der Waals surface area contributed by atoms with Crippen LogP contribution in [0.4, 0.5) is 15.3 Å². The summed E-state index contributed by atoms with van der Waals surface area (Å²) in [6.45, 7) is 6.95. The van der Waals surface area contributed by atoms with E-state index in [1.165, 1.54) is 36.7 Å². The van der Waals surface area contributed by atoms with Crippen molar-refractivity contribution < 1.29 is 13.9 Å². The number of ether oxygens (including phenoxy) is 1. The number of piperazine rings is 1. The number of para-hydroxylation sites is 1. The highest BCUT2D eigenvalue weighted by Gasteiger charge is 2.23. The molecule has 0 radical (unpaired) electrons. The lowest BCUT2D eigenvalue weighted by Crippen LogP contribution is -2.47. The minimum atomic E-state index is -0.216. The van der Waals surface area contributed by atoms with E-state index in [4.69, 9.17) is 4.74 Å². The molecule has 2 aromatic carbocycles. The number of carbonyl (C=O) groups excluding carboxylic acids is 1. The summed E-state index contributed by atoms with van der Waals surface area (Å²) in [4.78, 5) is 29.2. The van der Waals surface area contributed by atoms with Crippen LogP contribution in [0.25, 0.3) is 10.2 Å². The van der Waals surface area contributed by atoms with Crippen LogP contribution in [0.1, 0.15) is 25.5 Å². The molecule has 1 N–H and O–H groups in total. The quantitative estimate of drug-likeness (QED) is 0.412. The van der Waals surface area contributed by atoms with Gasteiger partial charge in [0.2, 0.25) is 11.8 Å². The second-order valence-corrected chi connectivity index (χ2v) is 9.40. The molecule has 0 bridgehead atoms. The van der Waals surface area contributed by atoms with Gasteiger partial charge in [-0.2, -0.15) is 0 Å². The number of hydrogen-bond acceptors (Lipinski definition) is 8. The fourth-order valence-electron chi connectivity index (χ4n) is 4.17. The fraction of sp³-hybridized carbons (Fsp3) is 0.280. The van der Waals surface area contributed by atoms with Gasteiger partial charge >= 0.3 is 0 Å². The van der Waals surface area contributed by atoms with Crippen molar-refractivity contribution in [2.45, 2.75) is 19.9 Å². The van der Waals surface area contributed by atoms with Crippen LogP contribution in [0.5, 0.6) is 11.6 Å². The van der Waals surface area contributed by atoms with Gasteiger partial charge < -0.3 is 15.0 Å². The van der Waals surface area contributed by atoms with Crippen molar-refractivity contribution >= 4 is 38.4 Å². The molecule has 1 fully saturated rings. The molecule has 1 aliphatic rings. The van der Waals surface area contributed by atoms with Crippen molar-refractivity contribution in [3.63, 3.8) is 0 Å². The topological polar surface area (TPSA) is 83.5 Å². The summed E-state index contributed by atoms with van der Waals surface area (Å²) in [6.07, 6.45) is 1.50. The summed E-state index contributed by atoms with van der Waals surface area (Å²) in [5.74, 6) is 1.41. The number of nitrogens with zero attached hydrogens (tertiary/aromatic N) is 5. The van der Waals surface area contributed by atoms with Crippen LogP contribution in [0, 0.1) is 5.82 Å². The highest BCUT2D eigenvalue weighted by molar-refractivity contribution is 7.22. The number of rotatable bonds is 6. The minimum Gasteiger partial charge on any atom is -0.437 e. The lowest BCUT2D eigenvalue weighted by atomic mass is 10.1. The zero-order valence-corrected chi connectivity index (χ0v) is 20.3. The Kier molecular flexibility index (Phi) is 6.56. The second kappa shape index (κ2) is 9.93. The molecular weight excluding hydrogens is 467 g/mol. The zero-order valence-electron chi connectivity index (χ0n) is 19.4.